The Hall–Kier alpha value is -2.86. The molecule has 120 valence electrons. The topological polar surface area (TPSA) is 102 Å². The van der Waals surface area contributed by atoms with Gasteiger partial charge in [0.1, 0.15) is 6.10 Å². The molecule has 0 aliphatic rings. The number of para-hydroxylation sites is 1. The molecule has 0 spiro atoms. The molecule has 0 bridgehead atoms. The highest BCUT2D eigenvalue weighted by atomic mass is 16.6. The lowest BCUT2D eigenvalue weighted by Crippen LogP contribution is -2.43. The van der Waals surface area contributed by atoms with Gasteiger partial charge in [0.2, 0.25) is 0 Å². The van der Waals surface area contributed by atoms with Gasteiger partial charge in [0.25, 0.3) is 5.91 Å². The molecule has 2 rings (SSSR count). The van der Waals surface area contributed by atoms with E-state index in [1.807, 2.05) is 18.2 Å². The number of amides is 2. The Morgan fingerprint density at radius 3 is 2.17 bits per heavy atom. The zero-order chi connectivity index (χ0) is 16.7. The standard InChI is InChI=1S/C17H18N2O4/c18-17(22)23-14(11-12-7-3-1-4-8-12)15(20)16(21)19-13-9-5-2-6-10-13/h1-10,14-15,20H,11H2,(H2,18,22)(H,19,21)/t14-,15?/m0/s1. The van der Waals surface area contributed by atoms with Crippen molar-refractivity contribution in [1.82, 2.24) is 0 Å². The third kappa shape index (κ3) is 5.12. The van der Waals surface area contributed by atoms with Gasteiger partial charge in [-0.1, -0.05) is 48.5 Å². The smallest absolute Gasteiger partial charge is 0.404 e. The maximum atomic E-state index is 12.1. The lowest BCUT2D eigenvalue weighted by Gasteiger charge is -2.22. The largest absolute Gasteiger partial charge is 0.443 e. The first-order chi connectivity index (χ1) is 11.1. The Morgan fingerprint density at radius 2 is 1.61 bits per heavy atom. The van der Waals surface area contributed by atoms with E-state index in [0.717, 1.165) is 5.56 Å². The fourth-order valence-corrected chi connectivity index (χ4v) is 2.12. The lowest BCUT2D eigenvalue weighted by atomic mass is 10.0. The molecule has 6 nitrogen and oxygen atoms in total. The van der Waals surface area contributed by atoms with Gasteiger partial charge in [-0.25, -0.2) is 4.79 Å². The highest BCUT2D eigenvalue weighted by Crippen LogP contribution is 2.13. The van der Waals surface area contributed by atoms with Crippen LogP contribution in [-0.2, 0) is 16.0 Å². The van der Waals surface area contributed by atoms with Crippen molar-refractivity contribution in [2.24, 2.45) is 5.73 Å². The fourth-order valence-electron chi connectivity index (χ4n) is 2.12. The van der Waals surface area contributed by atoms with Gasteiger partial charge in [-0.3, -0.25) is 4.79 Å². The van der Waals surface area contributed by atoms with Crippen LogP contribution in [0.4, 0.5) is 10.5 Å². The molecule has 1 unspecified atom stereocenters. The van der Waals surface area contributed by atoms with Crippen molar-refractivity contribution < 1.29 is 19.4 Å². The zero-order valence-corrected chi connectivity index (χ0v) is 12.4. The van der Waals surface area contributed by atoms with E-state index in [1.165, 1.54) is 0 Å². The van der Waals surface area contributed by atoms with Crippen LogP contribution in [-0.4, -0.2) is 29.3 Å². The number of carbonyl (C=O) groups is 2. The third-order valence-corrected chi connectivity index (χ3v) is 3.21. The number of hydrogen-bond acceptors (Lipinski definition) is 4. The molecule has 2 amide bonds. The molecule has 0 heterocycles. The van der Waals surface area contributed by atoms with Gasteiger partial charge in [0, 0.05) is 12.1 Å². The minimum Gasteiger partial charge on any atom is -0.443 e. The molecule has 23 heavy (non-hydrogen) atoms. The summed E-state index contributed by atoms with van der Waals surface area (Å²) in [5, 5.41) is 12.8. The van der Waals surface area contributed by atoms with Crippen LogP contribution in [0.2, 0.25) is 0 Å². The van der Waals surface area contributed by atoms with E-state index in [4.69, 9.17) is 10.5 Å². The second-order valence-electron chi connectivity index (χ2n) is 4.97. The zero-order valence-electron chi connectivity index (χ0n) is 12.4. The van der Waals surface area contributed by atoms with Gasteiger partial charge in [-0.2, -0.15) is 0 Å². The number of carbonyl (C=O) groups excluding carboxylic acids is 2. The third-order valence-electron chi connectivity index (χ3n) is 3.21. The summed E-state index contributed by atoms with van der Waals surface area (Å²) in [6.07, 6.45) is -3.48. The van der Waals surface area contributed by atoms with Crippen molar-refractivity contribution >= 4 is 17.7 Å². The summed E-state index contributed by atoms with van der Waals surface area (Å²) in [5.74, 6) is -0.668. The molecule has 2 atom stereocenters. The number of primary amides is 1. The number of nitrogens with two attached hydrogens (primary N) is 1. The van der Waals surface area contributed by atoms with E-state index in [-0.39, 0.29) is 6.42 Å². The minimum absolute atomic E-state index is 0.174. The average Bonchev–Trinajstić information content (AvgIpc) is 2.55. The predicted molar refractivity (Wildman–Crippen MR) is 85.7 cm³/mol. The molecule has 0 aliphatic heterocycles. The quantitative estimate of drug-likeness (QED) is 0.755. The molecule has 2 aromatic rings. The van der Waals surface area contributed by atoms with E-state index in [2.05, 4.69) is 5.32 Å². The van der Waals surface area contributed by atoms with E-state index in [0.29, 0.717) is 5.69 Å². The van der Waals surface area contributed by atoms with Gasteiger partial charge in [0.05, 0.1) is 0 Å². The summed E-state index contributed by atoms with van der Waals surface area (Å²) < 4.78 is 4.90. The number of rotatable bonds is 6. The first-order valence-electron chi connectivity index (χ1n) is 7.10. The first-order valence-corrected chi connectivity index (χ1v) is 7.10. The Kier molecular flexibility index (Phi) is 5.71. The summed E-state index contributed by atoms with van der Waals surface area (Å²) in [4.78, 5) is 23.2. The number of aliphatic hydroxyl groups is 1. The monoisotopic (exact) mass is 314 g/mol. The van der Waals surface area contributed by atoms with Crippen LogP contribution in [0.5, 0.6) is 0 Å². The molecule has 0 saturated heterocycles. The Balaban J connectivity index is 2.07. The SMILES string of the molecule is NC(=O)O[C@@H](Cc1ccccc1)C(O)C(=O)Nc1ccccc1. The number of hydrogen-bond donors (Lipinski definition) is 3. The molecule has 0 aliphatic carbocycles. The second-order valence-corrected chi connectivity index (χ2v) is 4.97. The molecule has 6 heteroatoms. The summed E-state index contributed by atoms with van der Waals surface area (Å²) in [5.41, 5.74) is 6.38. The van der Waals surface area contributed by atoms with E-state index in [1.54, 1.807) is 42.5 Å². The Labute approximate surface area is 133 Å². The summed E-state index contributed by atoms with van der Waals surface area (Å²) in [6, 6.07) is 17.8. The van der Waals surface area contributed by atoms with Gasteiger partial charge in [0.15, 0.2) is 6.10 Å². The van der Waals surface area contributed by atoms with E-state index >= 15 is 0 Å². The lowest BCUT2D eigenvalue weighted by molar-refractivity contribution is -0.129. The first kappa shape index (κ1) is 16.5. The van der Waals surface area contributed by atoms with Crippen molar-refractivity contribution in [2.75, 3.05) is 5.32 Å². The molecular formula is C17H18N2O4. The second kappa shape index (κ2) is 7.95. The van der Waals surface area contributed by atoms with Crippen LogP contribution in [0.15, 0.2) is 60.7 Å². The Morgan fingerprint density at radius 1 is 1.04 bits per heavy atom. The minimum atomic E-state index is -1.54. The van der Waals surface area contributed by atoms with Crippen molar-refractivity contribution in [3.05, 3.63) is 66.2 Å². The van der Waals surface area contributed by atoms with Gasteiger partial charge in [-0.15, -0.1) is 0 Å². The summed E-state index contributed by atoms with van der Waals surface area (Å²) >= 11 is 0. The van der Waals surface area contributed by atoms with Crippen molar-refractivity contribution in [3.63, 3.8) is 0 Å². The van der Waals surface area contributed by atoms with Crippen molar-refractivity contribution in [1.29, 1.82) is 0 Å². The molecule has 0 radical (unpaired) electrons. The number of aliphatic hydroxyl groups excluding tert-OH is 1. The van der Waals surface area contributed by atoms with Crippen molar-refractivity contribution in [2.45, 2.75) is 18.6 Å². The van der Waals surface area contributed by atoms with Crippen LogP contribution >= 0.6 is 0 Å². The van der Waals surface area contributed by atoms with Gasteiger partial charge in [-0.05, 0) is 17.7 Å². The number of ether oxygens (including phenoxy) is 1. The van der Waals surface area contributed by atoms with Gasteiger partial charge >= 0.3 is 6.09 Å². The summed E-state index contributed by atoms with van der Waals surface area (Å²) in [7, 11) is 0. The van der Waals surface area contributed by atoms with Crippen LogP contribution < -0.4 is 11.1 Å². The Bertz CT molecular complexity index is 646. The molecule has 0 saturated carbocycles. The highest BCUT2D eigenvalue weighted by Gasteiger charge is 2.29. The van der Waals surface area contributed by atoms with E-state index in [9.17, 15) is 14.7 Å². The number of nitrogens with one attached hydrogen (secondary N) is 1. The maximum absolute atomic E-state index is 12.1. The maximum Gasteiger partial charge on any atom is 0.404 e. The fraction of sp³-hybridized carbons (Fsp3) is 0.176. The number of anilines is 1. The molecule has 2 aromatic carbocycles. The van der Waals surface area contributed by atoms with Crippen LogP contribution in [0, 0.1) is 0 Å². The normalized spacial score (nSPS) is 12.9. The van der Waals surface area contributed by atoms with Gasteiger partial charge < -0.3 is 20.9 Å². The predicted octanol–water partition coefficient (Wildman–Crippen LogP) is 1.69. The summed E-state index contributed by atoms with van der Waals surface area (Å²) in [6.45, 7) is 0. The molecule has 4 N–H and O–H groups in total. The average molecular weight is 314 g/mol. The number of benzene rings is 2. The highest BCUT2D eigenvalue weighted by molar-refractivity contribution is 5.94. The van der Waals surface area contributed by atoms with Crippen LogP contribution in [0.3, 0.4) is 0 Å². The molecular weight excluding hydrogens is 296 g/mol. The van der Waals surface area contributed by atoms with E-state index < -0.39 is 24.2 Å². The van der Waals surface area contributed by atoms with Crippen LogP contribution in [0.25, 0.3) is 0 Å². The van der Waals surface area contributed by atoms with Crippen LogP contribution in [0.1, 0.15) is 5.56 Å². The van der Waals surface area contributed by atoms with Crippen molar-refractivity contribution in [3.8, 4) is 0 Å². The molecule has 0 fully saturated rings. The molecule has 0 aromatic heterocycles.